The molecule has 0 bridgehead atoms. The molecule has 6 heteroatoms. The minimum atomic E-state index is -3.44. The standard InChI is InChI=1S/C12H15BrN2O2S/c1-10-9-11(5-6-12(10)13)18(16,17)15-8-4-2-3-7-14/h5-6,9,15H,2-4,8H2,1H3. The number of unbranched alkanes of at least 4 members (excludes halogenated alkanes) is 2. The van der Waals surface area contributed by atoms with E-state index in [-0.39, 0.29) is 4.90 Å². The average molecular weight is 331 g/mol. The zero-order chi connectivity index (χ0) is 13.6. The molecule has 0 heterocycles. The summed E-state index contributed by atoms with van der Waals surface area (Å²) in [6, 6.07) is 6.94. The third-order valence-electron chi connectivity index (χ3n) is 2.45. The maximum Gasteiger partial charge on any atom is 0.240 e. The van der Waals surface area contributed by atoms with Gasteiger partial charge in [0.05, 0.1) is 11.0 Å². The molecule has 0 aliphatic rings. The maximum absolute atomic E-state index is 11.9. The molecule has 98 valence electrons. The Morgan fingerprint density at radius 3 is 2.72 bits per heavy atom. The van der Waals surface area contributed by atoms with Gasteiger partial charge in [-0.2, -0.15) is 5.26 Å². The second-order valence-corrected chi connectivity index (χ2v) is 6.55. The number of halogens is 1. The van der Waals surface area contributed by atoms with E-state index >= 15 is 0 Å². The lowest BCUT2D eigenvalue weighted by Gasteiger charge is -2.07. The first kappa shape index (κ1) is 15.2. The summed E-state index contributed by atoms with van der Waals surface area (Å²) in [7, 11) is -3.44. The molecule has 0 saturated heterocycles. The van der Waals surface area contributed by atoms with Gasteiger partial charge in [0.2, 0.25) is 10.0 Å². The van der Waals surface area contributed by atoms with Crippen molar-refractivity contribution in [3.8, 4) is 6.07 Å². The van der Waals surface area contributed by atoms with Crippen molar-refractivity contribution in [2.45, 2.75) is 31.1 Å². The number of aryl methyl sites for hydroxylation is 1. The van der Waals surface area contributed by atoms with E-state index in [1.54, 1.807) is 18.2 Å². The zero-order valence-electron chi connectivity index (χ0n) is 10.1. The molecule has 18 heavy (non-hydrogen) atoms. The smallest absolute Gasteiger partial charge is 0.211 e. The van der Waals surface area contributed by atoms with Crippen LogP contribution in [-0.2, 0) is 10.0 Å². The highest BCUT2D eigenvalue weighted by Crippen LogP contribution is 2.19. The summed E-state index contributed by atoms with van der Waals surface area (Å²) < 4.78 is 27.3. The molecule has 0 spiro atoms. The van der Waals surface area contributed by atoms with Crippen LogP contribution in [0.5, 0.6) is 0 Å². The third kappa shape index (κ3) is 4.41. The molecule has 1 aromatic carbocycles. The van der Waals surface area contributed by atoms with Crippen LogP contribution in [0.2, 0.25) is 0 Å². The van der Waals surface area contributed by atoms with Gasteiger partial charge >= 0.3 is 0 Å². The Labute approximate surface area is 116 Å². The summed E-state index contributed by atoms with van der Waals surface area (Å²) in [5, 5.41) is 8.37. The number of nitrogens with one attached hydrogen (secondary N) is 1. The van der Waals surface area contributed by atoms with Crippen molar-refractivity contribution in [2.75, 3.05) is 6.54 Å². The molecule has 0 radical (unpaired) electrons. The van der Waals surface area contributed by atoms with Crippen molar-refractivity contribution in [3.63, 3.8) is 0 Å². The molecule has 0 atom stereocenters. The van der Waals surface area contributed by atoms with Crippen LogP contribution in [0.1, 0.15) is 24.8 Å². The van der Waals surface area contributed by atoms with E-state index in [0.717, 1.165) is 10.0 Å². The Morgan fingerprint density at radius 2 is 2.11 bits per heavy atom. The summed E-state index contributed by atoms with van der Waals surface area (Å²) >= 11 is 3.33. The predicted molar refractivity (Wildman–Crippen MR) is 73.5 cm³/mol. The fourth-order valence-electron chi connectivity index (χ4n) is 1.40. The van der Waals surface area contributed by atoms with Crippen molar-refractivity contribution in [3.05, 3.63) is 28.2 Å². The lowest BCUT2D eigenvalue weighted by Crippen LogP contribution is -2.24. The van der Waals surface area contributed by atoms with Crippen molar-refractivity contribution in [1.82, 2.24) is 4.72 Å². The number of benzene rings is 1. The summed E-state index contributed by atoms with van der Waals surface area (Å²) in [6.07, 6.45) is 1.83. The highest BCUT2D eigenvalue weighted by atomic mass is 79.9. The Bertz CT molecular complexity index is 550. The molecule has 4 nitrogen and oxygen atoms in total. The monoisotopic (exact) mass is 330 g/mol. The number of hydrogen-bond acceptors (Lipinski definition) is 3. The van der Waals surface area contributed by atoms with Crippen LogP contribution in [-0.4, -0.2) is 15.0 Å². The van der Waals surface area contributed by atoms with Gasteiger partial charge < -0.3 is 0 Å². The highest BCUT2D eigenvalue weighted by molar-refractivity contribution is 9.10. The van der Waals surface area contributed by atoms with Gasteiger partial charge in [-0.1, -0.05) is 15.9 Å². The van der Waals surface area contributed by atoms with E-state index in [2.05, 4.69) is 20.7 Å². The number of rotatable bonds is 6. The summed E-state index contributed by atoms with van der Waals surface area (Å²) in [6.45, 7) is 2.20. The van der Waals surface area contributed by atoms with E-state index in [1.807, 2.05) is 13.0 Å². The Kier molecular flexibility index (Phi) is 5.79. The molecular formula is C12H15BrN2O2S. The zero-order valence-corrected chi connectivity index (χ0v) is 12.5. The molecule has 0 unspecified atom stereocenters. The lowest BCUT2D eigenvalue weighted by atomic mass is 10.2. The van der Waals surface area contributed by atoms with Crippen LogP contribution in [0.15, 0.2) is 27.6 Å². The Hall–Kier alpha value is -0.900. The fraction of sp³-hybridized carbons (Fsp3) is 0.417. The van der Waals surface area contributed by atoms with Gasteiger partial charge in [0.15, 0.2) is 0 Å². The number of hydrogen-bond donors (Lipinski definition) is 1. The van der Waals surface area contributed by atoms with Crippen LogP contribution < -0.4 is 4.72 Å². The van der Waals surface area contributed by atoms with Gasteiger partial charge in [-0.3, -0.25) is 0 Å². The number of nitrogens with zero attached hydrogens (tertiary/aromatic N) is 1. The molecule has 0 saturated carbocycles. The molecule has 0 aliphatic heterocycles. The average Bonchev–Trinajstić information content (AvgIpc) is 2.32. The molecule has 0 fully saturated rings. The maximum atomic E-state index is 11.9. The van der Waals surface area contributed by atoms with Gasteiger partial charge in [-0.05, 0) is 43.5 Å². The number of nitriles is 1. The molecule has 0 amide bonds. The summed E-state index contributed by atoms with van der Waals surface area (Å²) in [5.74, 6) is 0. The Balaban J connectivity index is 2.63. The van der Waals surface area contributed by atoms with Gasteiger partial charge in [0.1, 0.15) is 0 Å². The minimum absolute atomic E-state index is 0.267. The highest BCUT2D eigenvalue weighted by Gasteiger charge is 2.13. The molecule has 1 aromatic rings. The van der Waals surface area contributed by atoms with Crippen LogP contribution in [0, 0.1) is 18.3 Å². The first-order valence-electron chi connectivity index (χ1n) is 5.60. The second-order valence-electron chi connectivity index (χ2n) is 3.92. The normalized spacial score (nSPS) is 11.2. The molecule has 1 N–H and O–H groups in total. The van der Waals surface area contributed by atoms with Crippen molar-refractivity contribution < 1.29 is 8.42 Å². The number of sulfonamides is 1. The predicted octanol–water partition coefficient (Wildman–Crippen LogP) is 2.73. The second kappa shape index (κ2) is 6.88. The lowest BCUT2D eigenvalue weighted by molar-refractivity contribution is 0.577. The third-order valence-corrected chi connectivity index (χ3v) is 4.80. The van der Waals surface area contributed by atoms with Crippen molar-refractivity contribution in [2.24, 2.45) is 0 Å². The molecule has 0 aliphatic carbocycles. The van der Waals surface area contributed by atoms with Gasteiger partial charge in [0, 0.05) is 17.4 Å². The SMILES string of the molecule is Cc1cc(S(=O)(=O)NCCCCC#N)ccc1Br. The van der Waals surface area contributed by atoms with Gasteiger partial charge in [0.25, 0.3) is 0 Å². The van der Waals surface area contributed by atoms with E-state index < -0.39 is 10.0 Å². The van der Waals surface area contributed by atoms with Crippen LogP contribution in [0.3, 0.4) is 0 Å². The first-order valence-corrected chi connectivity index (χ1v) is 7.88. The van der Waals surface area contributed by atoms with Gasteiger partial charge in [-0.15, -0.1) is 0 Å². The quantitative estimate of drug-likeness (QED) is 0.815. The van der Waals surface area contributed by atoms with Crippen LogP contribution >= 0.6 is 15.9 Å². The summed E-state index contributed by atoms with van der Waals surface area (Å²) in [5.41, 5.74) is 0.877. The largest absolute Gasteiger partial charge is 0.240 e. The van der Waals surface area contributed by atoms with Crippen LogP contribution in [0.4, 0.5) is 0 Å². The first-order chi connectivity index (χ1) is 8.47. The topological polar surface area (TPSA) is 70.0 Å². The minimum Gasteiger partial charge on any atom is -0.211 e. The van der Waals surface area contributed by atoms with Crippen LogP contribution in [0.25, 0.3) is 0 Å². The van der Waals surface area contributed by atoms with E-state index in [0.29, 0.717) is 25.8 Å². The van der Waals surface area contributed by atoms with Crippen molar-refractivity contribution >= 4 is 26.0 Å². The fourth-order valence-corrected chi connectivity index (χ4v) is 2.81. The Morgan fingerprint density at radius 1 is 1.39 bits per heavy atom. The molecule has 0 aromatic heterocycles. The van der Waals surface area contributed by atoms with Crippen molar-refractivity contribution in [1.29, 1.82) is 5.26 Å². The molecular weight excluding hydrogens is 316 g/mol. The van der Waals surface area contributed by atoms with E-state index in [4.69, 9.17) is 5.26 Å². The van der Waals surface area contributed by atoms with E-state index in [1.165, 1.54) is 0 Å². The molecule has 1 rings (SSSR count). The summed E-state index contributed by atoms with van der Waals surface area (Å²) in [4.78, 5) is 0.267. The van der Waals surface area contributed by atoms with E-state index in [9.17, 15) is 8.42 Å². The van der Waals surface area contributed by atoms with Gasteiger partial charge in [-0.25, -0.2) is 13.1 Å².